The third-order valence-electron chi connectivity index (χ3n) is 7.85. The number of carbonyl (C=O) groups excluding carboxylic acids is 3. The summed E-state index contributed by atoms with van der Waals surface area (Å²) in [7, 11) is 0. The van der Waals surface area contributed by atoms with Gasteiger partial charge in [0, 0.05) is 10.1 Å². The molecule has 8 atom stereocenters. The number of likely N-dealkylation sites (tertiary alicyclic amines) is 1. The van der Waals surface area contributed by atoms with Crippen LogP contribution in [0.25, 0.3) is 0 Å². The molecule has 3 aliphatic heterocycles. The molecule has 3 aliphatic rings. The van der Waals surface area contributed by atoms with E-state index in [0.717, 1.165) is 12.0 Å². The van der Waals surface area contributed by atoms with Crippen LogP contribution in [0.15, 0.2) is 18.2 Å². The minimum Gasteiger partial charge on any atom is -0.466 e. The molecule has 192 valence electrons. The second-order valence-electron chi connectivity index (χ2n) is 9.72. The van der Waals surface area contributed by atoms with E-state index in [2.05, 4.69) is 21.2 Å². The smallest absolute Gasteiger partial charge is 0.310 e. The molecule has 1 aromatic carbocycles. The van der Waals surface area contributed by atoms with Gasteiger partial charge in [0.25, 0.3) is 0 Å². The Labute approximate surface area is 223 Å². The highest BCUT2D eigenvalue weighted by atomic mass is 79.9. The first-order valence-corrected chi connectivity index (χ1v) is 14.3. The number of hydrogen-bond acceptors (Lipinski definition) is 6. The number of esters is 1. The zero-order valence-corrected chi connectivity index (χ0v) is 23.5. The van der Waals surface area contributed by atoms with Crippen molar-refractivity contribution < 1.29 is 24.2 Å². The number of benzene rings is 1. The van der Waals surface area contributed by atoms with Crippen LogP contribution in [0, 0.1) is 24.7 Å². The van der Waals surface area contributed by atoms with Crippen LogP contribution < -0.4 is 5.32 Å². The highest BCUT2D eigenvalue weighted by Crippen LogP contribution is 2.68. The van der Waals surface area contributed by atoms with Crippen LogP contribution in [-0.2, 0) is 19.1 Å². The Morgan fingerprint density at radius 1 is 1.40 bits per heavy atom. The molecule has 3 unspecified atom stereocenters. The lowest BCUT2D eigenvalue weighted by molar-refractivity contribution is -0.154. The van der Waals surface area contributed by atoms with Crippen molar-refractivity contribution in [3.05, 3.63) is 28.8 Å². The number of amides is 2. The maximum atomic E-state index is 14.1. The molecule has 3 saturated heterocycles. The highest BCUT2D eigenvalue weighted by molar-refractivity contribution is 9.09. The Balaban J connectivity index is 1.81. The van der Waals surface area contributed by atoms with Gasteiger partial charge in [0.1, 0.15) is 6.04 Å². The van der Waals surface area contributed by atoms with Crippen molar-refractivity contribution >= 4 is 62.8 Å². The van der Waals surface area contributed by atoms with Crippen molar-refractivity contribution in [2.24, 2.45) is 17.8 Å². The van der Waals surface area contributed by atoms with Crippen LogP contribution in [0.5, 0.6) is 0 Å². The minimum absolute atomic E-state index is 0.0421. The van der Waals surface area contributed by atoms with Crippen LogP contribution in [0.3, 0.4) is 0 Å². The second kappa shape index (κ2) is 10.2. The summed E-state index contributed by atoms with van der Waals surface area (Å²) < 4.78 is 4.57. The third kappa shape index (κ3) is 4.20. The average molecular weight is 588 g/mol. The van der Waals surface area contributed by atoms with Crippen molar-refractivity contribution in [1.82, 2.24) is 4.90 Å². The summed E-state index contributed by atoms with van der Waals surface area (Å²) in [6, 6.07) is 3.96. The molecule has 0 aromatic heterocycles. The Bertz CT molecular complexity index is 1010. The first-order chi connectivity index (χ1) is 16.6. The first kappa shape index (κ1) is 26.8. The van der Waals surface area contributed by atoms with Gasteiger partial charge in [-0.15, -0.1) is 11.8 Å². The third-order valence-corrected chi connectivity index (χ3v) is 11.4. The summed E-state index contributed by atoms with van der Waals surface area (Å²) in [5.41, 5.74) is 1.31. The molecule has 10 heteroatoms. The van der Waals surface area contributed by atoms with Crippen LogP contribution in [0.4, 0.5) is 5.69 Å². The van der Waals surface area contributed by atoms with Gasteiger partial charge in [-0.1, -0.05) is 59.9 Å². The summed E-state index contributed by atoms with van der Waals surface area (Å²) in [5, 5.41) is 13.6. The fraction of sp³-hybridized carbons (Fsp3) is 0.640. The number of carbonyl (C=O) groups is 3. The van der Waals surface area contributed by atoms with E-state index in [-0.39, 0.29) is 41.0 Å². The Hall–Kier alpha value is -1.29. The summed E-state index contributed by atoms with van der Waals surface area (Å²) in [4.78, 5) is 42.7. The number of halogens is 2. The molecular formula is C25H32BrClN2O5S. The van der Waals surface area contributed by atoms with Gasteiger partial charge in [-0.05, 0) is 37.8 Å². The molecule has 3 fully saturated rings. The number of anilines is 1. The molecule has 2 bridgehead atoms. The fourth-order valence-corrected chi connectivity index (χ4v) is 9.88. The van der Waals surface area contributed by atoms with Gasteiger partial charge in [-0.2, -0.15) is 0 Å². The van der Waals surface area contributed by atoms with Gasteiger partial charge >= 0.3 is 5.97 Å². The van der Waals surface area contributed by atoms with Crippen molar-refractivity contribution in [1.29, 1.82) is 0 Å². The molecule has 3 heterocycles. The summed E-state index contributed by atoms with van der Waals surface area (Å²) in [5.74, 6) is -2.39. The quantitative estimate of drug-likeness (QED) is 0.352. The molecule has 1 spiro atoms. The largest absolute Gasteiger partial charge is 0.466 e. The maximum Gasteiger partial charge on any atom is 0.310 e. The van der Waals surface area contributed by atoms with Crippen LogP contribution in [-0.4, -0.2) is 67.9 Å². The number of hydrogen-bond donors (Lipinski definition) is 2. The van der Waals surface area contributed by atoms with Crippen molar-refractivity contribution in [3.63, 3.8) is 0 Å². The predicted octanol–water partition coefficient (Wildman–Crippen LogP) is 4.02. The van der Waals surface area contributed by atoms with E-state index in [1.54, 1.807) is 29.7 Å². The fourth-order valence-electron chi connectivity index (χ4n) is 6.03. The zero-order valence-electron chi connectivity index (χ0n) is 20.3. The number of nitrogens with one attached hydrogen (secondary N) is 1. The van der Waals surface area contributed by atoms with Gasteiger partial charge in [-0.25, -0.2) is 0 Å². The second-order valence-corrected chi connectivity index (χ2v) is 12.8. The van der Waals surface area contributed by atoms with E-state index in [1.807, 2.05) is 32.9 Å². The van der Waals surface area contributed by atoms with Crippen molar-refractivity contribution in [2.45, 2.75) is 67.4 Å². The van der Waals surface area contributed by atoms with Crippen LogP contribution in [0.1, 0.15) is 39.2 Å². The number of aryl methyl sites for hydroxylation is 1. The van der Waals surface area contributed by atoms with E-state index in [9.17, 15) is 19.5 Å². The van der Waals surface area contributed by atoms with Gasteiger partial charge in [0.05, 0.1) is 46.5 Å². The number of para-hydroxylation sites is 1. The summed E-state index contributed by atoms with van der Waals surface area (Å²) in [6.45, 7) is 7.51. The zero-order chi connectivity index (χ0) is 25.7. The first-order valence-electron chi connectivity index (χ1n) is 12.1. The monoisotopic (exact) mass is 586 g/mol. The van der Waals surface area contributed by atoms with Gasteiger partial charge in [0.15, 0.2) is 0 Å². The molecule has 0 radical (unpaired) electrons. The van der Waals surface area contributed by atoms with Crippen molar-refractivity contribution in [3.8, 4) is 0 Å². The van der Waals surface area contributed by atoms with Gasteiger partial charge in [0.2, 0.25) is 11.8 Å². The number of ether oxygens (including phenoxy) is 1. The Morgan fingerprint density at radius 3 is 2.71 bits per heavy atom. The molecule has 35 heavy (non-hydrogen) atoms. The summed E-state index contributed by atoms with van der Waals surface area (Å²) >= 11 is 11.7. The number of nitrogens with zero attached hydrogens (tertiary/aromatic N) is 1. The van der Waals surface area contributed by atoms with E-state index >= 15 is 0 Å². The Kier molecular flexibility index (Phi) is 7.82. The average Bonchev–Trinajstić information content (AvgIpc) is 3.40. The topological polar surface area (TPSA) is 95.9 Å². The SMILES string of the molecule is CCOC(=O)[C@H]1[C@@H]2SC3(CC2Br)C(C(=O)Nc2c(C)cccc2Cl)N([C@@H](CO)[C@@H](C)CC)C(=O)[C@H]13. The van der Waals surface area contributed by atoms with E-state index in [0.29, 0.717) is 17.1 Å². The maximum absolute atomic E-state index is 14.1. The van der Waals surface area contributed by atoms with E-state index in [1.165, 1.54) is 0 Å². The van der Waals surface area contributed by atoms with Gasteiger partial charge < -0.3 is 20.1 Å². The molecule has 0 saturated carbocycles. The van der Waals surface area contributed by atoms with Gasteiger partial charge in [-0.3, -0.25) is 14.4 Å². The number of fused-ring (bicyclic) bond motifs is 1. The number of rotatable bonds is 8. The van der Waals surface area contributed by atoms with E-state index in [4.69, 9.17) is 16.3 Å². The van der Waals surface area contributed by atoms with E-state index < -0.39 is 34.6 Å². The molecule has 1 aromatic rings. The molecule has 7 nitrogen and oxygen atoms in total. The predicted molar refractivity (Wildman–Crippen MR) is 141 cm³/mol. The highest BCUT2D eigenvalue weighted by Gasteiger charge is 2.76. The lowest BCUT2D eigenvalue weighted by atomic mass is 9.71. The number of alkyl halides is 1. The number of aliphatic hydroxyl groups is 1. The molecular weight excluding hydrogens is 556 g/mol. The van der Waals surface area contributed by atoms with Crippen molar-refractivity contribution in [2.75, 3.05) is 18.5 Å². The Morgan fingerprint density at radius 2 is 2.11 bits per heavy atom. The standard InChI is InChI=1S/C25H32BrClN2O5S/c1-5-12(3)16(11-30)29-21(22(31)28-19-13(4)8-7-9-15(19)27)25-10-14(26)20(35-25)17(18(25)23(29)32)24(33)34-6-2/h7-9,12,14,16-18,20-21,30H,5-6,10-11H2,1-4H3,(H,28,31)/t12-,14?,16-,17+,18-,20+,21?,25?/m0/s1. The molecule has 4 rings (SSSR count). The number of thioether (sulfide) groups is 1. The molecule has 2 amide bonds. The molecule has 2 N–H and O–H groups in total. The lowest BCUT2D eigenvalue weighted by Gasteiger charge is -2.39. The molecule has 0 aliphatic carbocycles. The minimum atomic E-state index is -0.865. The number of aliphatic hydroxyl groups excluding tert-OH is 1. The summed E-state index contributed by atoms with van der Waals surface area (Å²) in [6.07, 6.45) is 1.28. The van der Waals surface area contributed by atoms with Crippen LogP contribution in [0.2, 0.25) is 5.02 Å². The van der Waals surface area contributed by atoms with Crippen LogP contribution >= 0.6 is 39.3 Å². The normalized spacial score (nSPS) is 32.9. The lowest BCUT2D eigenvalue weighted by Crippen LogP contribution is -2.56.